The van der Waals surface area contributed by atoms with Crippen LogP contribution in [-0.2, 0) is 16.0 Å². The number of rotatable bonds is 4. The molecule has 2 amide bonds. The van der Waals surface area contributed by atoms with E-state index in [2.05, 4.69) is 17.4 Å². The van der Waals surface area contributed by atoms with Gasteiger partial charge in [-0.3, -0.25) is 14.5 Å². The number of carbonyl (C=O) groups excluding carboxylic acids is 2. The van der Waals surface area contributed by atoms with Gasteiger partial charge in [-0.25, -0.2) is 0 Å². The molecule has 0 saturated carbocycles. The lowest BCUT2D eigenvalue weighted by Crippen LogP contribution is -2.38. The zero-order chi connectivity index (χ0) is 12.3. The van der Waals surface area contributed by atoms with Crippen LogP contribution < -0.4 is 5.32 Å². The molecular weight excluding hydrogens is 216 g/mol. The van der Waals surface area contributed by atoms with Gasteiger partial charge in [-0.2, -0.15) is 0 Å². The number of likely N-dealkylation sites (N-methyl/N-ethyl adjacent to an activating group) is 1. The van der Waals surface area contributed by atoms with E-state index >= 15 is 0 Å². The quantitative estimate of drug-likeness (QED) is 0.772. The molecule has 1 aliphatic rings. The third kappa shape index (κ3) is 2.71. The Kier molecular flexibility index (Phi) is 3.54. The van der Waals surface area contributed by atoms with Gasteiger partial charge in [-0.15, -0.1) is 0 Å². The highest BCUT2D eigenvalue weighted by Crippen LogP contribution is 2.10. The minimum atomic E-state index is -0.337. The van der Waals surface area contributed by atoms with Crippen LogP contribution >= 0.6 is 0 Å². The largest absolute Gasteiger partial charge is 0.305 e. The summed E-state index contributed by atoms with van der Waals surface area (Å²) in [7, 11) is 1.53. The van der Waals surface area contributed by atoms with Crippen LogP contribution in [0.2, 0.25) is 0 Å². The van der Waals surface area contributed by atoms with Crippen molar-refractivity contribution in [3.63, 3.8) is 0 Å². The standard InChI is InChI=1S/C13H16N2O2/c1-15-12(16)9-11(13(15)17)14-8-7-10-5-3-2-4-6-10/h2-6,11,14H,7-9H2,1H3. The lowest BCUT2D eigenvalue weighted by atomic mass is 10.1. The second-order valence-electron chi connectivity index (χ2n) is 4.24. The molecule has 17 heavy (non-hydrogen) atoms. The summed E-state index contributed by atoms with van der Waals surface area (Å²) in [6.07, 6.45) is 1.15. The Morgan fingerprint density at radius 2 is 2.00 bits per heavy atom. The lowest BCUT2D eigenvalue weighted by Gasteiger charge is -2.10. The molecule has 1 unspecified atom stereocenters. The minimum Gasteiger partial charge on any atom is -0.305 e. The predicted molar refractivity (Wildman–Crippen MR) is 64.3 cm³/mol. The van der Waals surface area contributed by atoms with Gasteiger partial charge in [0.25, 0.3) is 0 Å². The molecule has 1 aromatic carbocycles. The fourth-order valence-electron chi connectivity index (χ4n) is 1.95. The minimum absolute atomic E-state index is 0.104. The summed E-state index contributed by atoms with van der Waals surface area (Å²) in [5.74, 6) is -0.227. The highest BCUT2D eigenvalue weighted by Gasteiger charge is 2.35. The molecule has 1 N–H and O–H groups in total. The molecular formula is C13H16N2O2. The topological polar surface area (TPSA) is 49.4 Å². The molecule has 1 aliphatic heterocycles. The SMILES string of the molecule is CN1C(=O)CC(NCCc2ccccc2)C1=O. The van der Waals surface area contributed by atoms with E-state index in [1.54, 1.807) is 0 Å². The summed E-state index contributed by atoms with van der Waals surface area (Å²) in [5.41, 5.74) is 1.23. The van der Waals surface area contributed by atoms with Crippen LogP contribution in [0, 0.1) is 0 Å². The number of carbonyl (C=O) groups is 2. The fourth-order valence-corrected chi connectivity index (χ4v) is 1.95. The molecule has 4 heteroatoms. The van der Waals surface area contributed by atoms with Crippen LogP contribution in [0.15, 0.2) is 30.3 Å². The number of nitrogens with one attached hydrogen (secondary N) is 1. The molecule has 4 nitrogen and oxygen atoms in total. The van der Waals surface area contributed by atoms with Gasteiger partial charge < -0.3 is 5.32 Å². The Morgan fingerprint density at radius 3 is 2.59 bits per heavy atom. The molecule has 0 spiro atoms. The van der Waals surface area contributed by atoms with E-state index in [1.807, 2.05) is 18.2 Å². The summed E-state index contributed by atoms with van der Waals surface area (Å²) >= 11 is 0. The van der Waals surface area contributed by atoms with Crippen molar-refractivity contribution >= 4 is 11.8 Å². The Morgan fingerprint density at radius 1 is 1.29 bits per heavy atom. The molecule has 0 bridgehead atoms. The van der Waals surface area contributed by atoms with Crippen LogP contribution in [0.3, 0.4) is 0 Å². The van der Waals surface area contributed by atoms with Gasteiger partial charge in [-0.1, -0.05) is 30.3 Å². The zero-order valence-electron chi connectivity index (χ0n) is 9.85. The number of amides is 2. The second-order valence-corrected chi connectivity index (χ2v) is 4.24. The van der Waals surface area contributed by atoms with Crippen molar-refractivity contribution < 1.29 is 9.59 Å². The van der Waals surface area contributed by atoms with Gasteiger partial charge in [0.1, 0.15) is 0 Å². The van der Waals surface area contributed by atoms with Crippen molar-refractivity contribution in [2.75, 3.05) is 13.6 Å². The normalized spacial score (nSPS) is 20.1. The average Bonchev–Trinajstić information content (AvgIpc) is 2.59. The first-order chi connectivity index (χ1) is 8.18. The first kappa shape index (κ1) is 11.8. The maximum absolute atomic E-state index is 11.6. The van der Waals surface area contributed by atoms with E-state index in [0.29, 0.717) is 6.54 Å². The first-order valence-corrected chi connectivity index (χ1v) is 5.76. The highest BCUT2D eigenvalue weighted by molar-refractivity contribution is 6.05. The van der Waals surface area contributed by atoms with Gasteiger partial charge in [0.15, 0.2) is 0 Å². The number of hydrogen-bond donors (Lipinski definition) is 1. The van der Waals surface area contributed by atoms with Crippen molar-refractivity contribution in [1.82, 2.24) is 10.2 Å². The molecule has 2 rings (SSSR count). The summed E-state index contributed by atoms with van der Waals surface area (Å²) in [6, 6.07) is 9.73. The Balaban J connectivity index is 1.80. The van der Waals surface area contributed by atoms with Crippen molar-refractivity contribution in [3.8, 4) is 0 Å². The Bertz CT molecular complexity index is 417. The fraction of sp³-hybridized carbons (Fsp3) is 0.385. The molecule has 0 radical (unpaired) electrons. The van der Waals surface area contributed by atoms with Crippen LogP contribution in [0.4, 0.5) is 0 Å². The molecule has 0 aliphatic carbocycles. The van der Waals surface area contributed by atoms with Crippen LogP contribution in [0.5, 0.6) is 0 Å². The monoisotopic (exact) mass is 232 g/mol. The number of likely N-dealkylation sites (tertiary alicyclic amines) is 1. The number of imide groups is 1. The zero-order valence-corrected chi connectivity index (χ0v) is 9.85. The summed E-state index contributed by atoms with van der Waals surface area (Å²) in [5, 5.41) is 3.13. The van der Waals surface area contributed by atoms with Crippen LogP contribution in [0.1, 0.15) is 12.0 Å². The maximum Gasteiger partial charge on any atom is 0.246 e. The summed E-state index contributed by atoms with van der Waals surface area (Å²) < 4.78 is 0. The third-order valence-corrected chi connectivity index (χ3v) is 3.03. The van der Waals surface area contributed by atoms with Crippen molar-refractivity contribution in [1.29, 1.82) is 0 Å². The predicted octanol–water partition coefficient (Wildman–Crippen LogP) is 0.576. The van der Waals surface area contributed by atoms with Gasteiger partial charge in [0, 0.05) is 7.05 Å². The van der Waals surface area contributed by atoms with Crippen LogP contribution in [-0.4, -0.2) is 36.3 Å². The summed E-state index contributed by atoms with van der Waals surface area (Å²) in [6.45, 7) is 0.710. The van der Waals surface area contributed by atoms with Crippen LogP contribution in [0.25, 0.3) is 0 Å². The van der Waals surface area contributed by atoms with E-state index in [-0.39, 0.29) is 24.3 Å². The smallest absolute Gasteiger partial charge is 0.246 e. The molecule has 1 atom stereocenters. The number of hydrogen-bond acceptors (Lipinski definition) is 3. The number of nitrogens with zero attached hydrogens (tertiary/aromatic N) is 1. The molecule has 1 heterocycles. The molecule has 1 saturated heterocycles. The lowest BCUT2D eigenvalue weighted by molar-refractivity contribution is -0.137. The molecule has 90 valence electrons. The third-order valence-electron chi connectivity index (χ3n) is 3.03. The van der Waals surface area contributed by atoms with Crippen molar-refractivity contribution in [2.45, 2.75) is 18.9 Å². The maximum atomic E-state index is 11.6. The summed E-state index contributed by atoms with van der Waals surface area (Å²) in [4.78, 5) is 24.1. The van der Waals surface area contributed by atoms with Crippen molar-refractivity contribution in [3.05, 3.63) is 35.9 Å². The van der Waals surface area contributed by atoms with Crippen molar-refractivity contribution in [2.24, 2.45) is 0 Å². The highest BCUT2D eigenvalue weighted by atomic mass is 16.2. The molecule has 1 fully saturated rings. The van der Waals surface area contributed by atoms with Gasteiger partial charge in [0.05, 0.1) is 12.5 Å². The van der Waals surface area contributed by atoms with Gasteiger partial charge in [0.2, 0.25) is 11.8 Å². The van der Waals surface area contributed by atoms with E-state index < -0.39 is 0 Å². The molecule has 0 aromatic heterocycles. The Labute approximate surface area is 101 Å². The molecule has 1 aromatic rings. The first-order valence-electron chi connectivity index (χ1n) is 5.76. The second kappa shape index (κ2) is 5.10. The van der Waals surface area contributed by atoms with E-state index in [4.69, 9.17) is 0 Å². The Hall–Kier alpha value is -1.68. The van der Waals surface area contributed by atoms with E-state index in [9.17, 15) is 9.59 Å². The van der Waals surface area contributed by atoms with Gasteiger partial charge in [-0.05, 0) is 18.5 Å². The average molecular weight is 232 g/mol. The van der Waals surface area contributed by atoms with Gasteiger partial charge >= 0.3 is 0 Å². The number of benzene rings is 1. The van der Waals surface area contributed by atoms with E-state index in [0.717, 1.165) is 6.42 Å². The van der Waals surface area contributed by atoms with E-state index in [1.165, 1.54) is 17.5 Å².